The Morgan fingerprint density at radius 2 is 1.92 bits per heavy atom. The largest absolute Gasteiger partial charge is 0.273 e. The Labute approximate surface area is 148 Å². The molecule has 0 bridgehead atoms. The lowest BCUT2D eigenvalue weighted by Crippen LogP contribution is -2.01. The molecule has 0 amide bonds. The van der Waals surface area contributed by atoms with E-state index in [4.69, 9.17) is 16.9 Å². The van der Waals surface area contributed by atoms with Crippen molar-refractivity contribution in [1.82, 2.24) is 19.7 Å². The third kappa shape index (κ3) is 2.88. The second-order valence-corrected chi connectivity index (χ2v) is 6.87. The highest BCUT2D eigenvalue weighted by molar-refractivity contribution is 7.99. The Morgan fingerprint density at radius 1 is 1.12 bits per heavy atom. The Bertz CT molecular complexity index is 928. The average Bonchev–Trinajstić information content (AvgIpc) is 3.38. The van der Waals surface area contributed by atoms with Crippen molar-refractivity contribution in [2.45, 2.75) is 28.9 Å². The van der Waals surface area contributed by atoms with Gasteiger partial charge in [-0.2, -0.15) is 5.26 Å². The molecule has 0 saturated heterocycles. The second kappa shape index (κ2) is 6.27. The number of nitriles is 1. The summed E-state index contributed by atoms with van der Waals surface area (Å²) in [6, 6.07) is 15.5. The van der Waals surface area contributed by atoms with Crippen molar-refractivity contribution in [3.05, 3.63) is 59.0 Å². The van der Waals surface area contributed by atoms with Crippen LogP contribution in [-0.4, -0.2) is 19.7 Å². The van der Waals surface area contributed by atoms with Crippen LogP contribution in [0.3, 0.4) is 0 Å². The number of benzene rings is 1. The normalized spacial score (nSPS) is 13.7. The molecule has 1 aliphatic carbocycles. The minimum atomic E-state index is 0.217. The highest BCUT2D eigenvalue weighted by atomic mass is 35.5. The van der Waals surface area contributed by atoms with Gasteiger partial charge in [0.05, 0.1) is 5.02 Å². The van der Waals surface area contributed by atoms with E-state index in [-0.39, 0.29) is 5.69 Å². The van der Waals surface area contributed by atoms with Gasteiger partial charge in [-0.25, -0.2) is 4.98 Å². The van der Waals surface area contributed by atoms with Crippen molar-refractivity contribution < 1.29 is 0 Å². The van der Waals surface area contributed by atoms with Crippen LogP contribution in [0.2, 0.25) is 5.02 Å². The molecule has 4 rings (SSSR count). The van der Waals surface area contributed by atoms with Crippen molar-refractivity contribution in [2.75, 3.05) is 0 Å². The standard InChI is InChI=1S/C17H12ClN5S/c18-13-8-9-15(20-14(13)10-19)24-17-22-21-16(11-6-7-11)23(17)12-4-2-1-3-5-12/h1-5,8-9,11H,6-7H2. The fourth-order valence-corrected chi connectivity index (χ4v) is 3.41. The summed E-state index contributed by atoms with van der Waals surface area (Å²) >= 11 is 7.33. The van der Waals surface area contributed by atoms with E-state index in [1.165, 1.54) is 11.8 Å². The molecule has 118 valence electrons. The van der Waals surface area contributed by atoms with Gasteiger partial charge in [-0.15, -0.1) is 10.2 Å². The van der Waals surface area contributed by atoms with E-state index in [1.54, 1.807) is 12.1 Å². The van der Waals surface area contributed by atoms with E-state index < -0.39 is 0 Å². The molecule has 1 aromatic carbocycles. The fraction of sp³-hybridized carbons (Fsp3) is 0.176. The van der Waals surface area contributed by atoms with E-state index in [0.29, 0.717) is 16.0 Å². The van der Waals surface area contributed by atoms with E-state index in [2.05, 4.69) is 19.7 Å². The molecule has 2 aromatic heterocycles. The summed E-state index contributed by atoms with van der Waals surface area (Å²) in [5.41, 5.74) is 1.25. The molecule has 1 fully saturated rings. The molecule has 0 unspecified atom stereocenters. The zero-order valence-corrected chi connectivity index (χ0v) is 14.1. The number of hydrogen-bond acceptors (Lipinski definition) is 5. The lowest BCUT2D eigenvalue weighted by Gasteiger charge is -2.09. The first-order chi connectivity index (χ1) is 11.8. The minimum absolute atomic E-state index is 0.217. The van der Waals surface area contributed by atoms with Crippen LogP contribution >= 0.6 is 23.4 Å². The first-order valence-electron chi connectivity index (χ1n) is 7.51. The van der Waals surface area contributed by atoms with Crippen molar-refractivity contribution in [3.8, 4) is 11.8 Å². The van der Waals surface area contributed by atoms with Gasteiger partial charge in [-0.05, 0) is 48.9 Å². The Hall–Kier alpha value is -2.36. The molecule has 7 heteroatoms. The molecule has 0 atom stereocenters. The molecule has 2 heterocycles. The van der Waals surface area contributed by atoms with Gasteiger partial charge in [0, 0.05) is 11.6 Å². The van der Waals surface area contributed by atoms with Gasteiger partial charge in [0.1, 0.15) is 16.9 Å². The lowest BCUT2D eigenvalue weighted by atomic mass is 10.3. The third-order valence-electron chi connectivity index (χ3n) is 3.74. The van der Waals surface area contributed by atoms with Crippen molar-refractivity contribution >= 4 is 23.4 Å². The first kappa shape index (κ1) is 15.2. The van der Waals surface area contributed by atoms with Crippen LogP contribution in [0.15, 0.2) is 52.6 Å². The van der Waals surface area contributed by atoms with Crippen LogP contribution in [0.5, 0.6) is 0 Å². The minimum Gasteiger partial charge on any atom is -0.273 e. The van der Waals surface area contributed by atoms with Crippen LogP contribution < -0.4 is 0 Å². The predicted molar refractivity (Wildman–Crippen MR) is 91.4 cm³/mol. The summed E-state index contributed by atoms with van der Waals surface area (Å²) in [7, 11) is 0. The molecule has 3 aromatic rings. The van der Waals surface area contributed by atoms with Crippen LogP contribution in [0.25, 0.3) is 5.69 Å². The van der Waals surface area contributed by atoms with Gasteiger partial charge >= 0.3 is 0 Å². The van der Waals surface area contributed by atoms with Gasteiger partial charge in [0.15, 0.2) is 5.69 Å². The topological polar surface area (TPSA) is 67.4 Å². The quantitative estimate of drug-likeness (QED) is 0.702. The Balaban J connectivity index is 1.75. The van der Waals surface area contributed by atoms with Crippen LogP contribution in [0.4, 0.5) is 0 Å². The number of para-hydroxylation sites is 1. The SMILES string of the molecule is N#Cc1nc(Sc2nnc(C3CC3)n2-c2ccccc2)ccc1Cl. The molecule has 0 spiro atoms. The maximum absolute atomic E-state index is 9.09. The van der Waals surface area contributed by atoms with Crippen molar-refractivity contribution in [1.29, 1.82) is 5.26 Å². The zero-order chi connectivity index (χ0) is 16.5. The van der Waals surface area contributed by atoms with Crippen molar-refractivity contribution in [3.63, 3.8) is 0 Å². The number of rotatable bonds is 4. The second-order valence-electron chi connectivity index (χ2n) is 5.48. The third-order valence-corrected chi connectivity index (χ3v) is 4.93. The lowest BCUT2D eigenvalue weighted by molar-refractivity contribution is 0.828. The van der Waals surface area contributed by atoms with E-state index in [1.807, 2.05) is 36.4 Å². The molecule has 0 radical (unpaired) electrons. The van der Waals surface area contributed by atoms with Gasteiger partial charge < -0.3 is 0 Å². The maximum atomic E-state index is 9.09. The molecule has 0 aliphatic heterocycles. The highest BCUT2D eigenvalue weighted by Crippen LogP contribution is 2.41. The summed E-state index contributed by atoms with van der Waals surface area (Å²) in [6.45, 7) is 0. The molecule has 24 heavy (non-hydrogen) atoms. The number of aromatic nitrogens is 4. The van der Waals surface area contributed by atoms with Crippen LogP contribution in [0.1, 0.15) is 30.3 Å². The summed E-state index contributed by atoms with van der Waals surface area (Å²) in [5, 5.41) is 19.6. The van der Waals surface area contributed by atoms with Crippen molar-refractivity contribution in [2.24, 2.45) is 0 Å². The number of nitrogens with zero attached hydrogens (tertiary/aromatic N) is 5. The van der Waals surface area contributed by atoms with Gasteiger partial charge in [-0.3, -0.25) is 4.57 Å². The summed E-state index contributed by atoms with van der Waals surface area (Å²) < 4.78 is 2.07. The van der Waals surface area contributed by atoms with Gasteiger partial charge in [0.25, 0.3) is 0 Å². The average molecular weight is 354 g/mol. The van der Waals surface area contributed by atoms with Gasteiger partial charge in [0.2, 0.25) is 5.16 Å². The molecular weight excluding hydrogens is 342 g/mol. The predicted octanol–water partition coefficient (Wildman–Crippen LogP) is 4.22. The van der Waals surface area contributed by atoms with Gasteiger partial charge in [-0.1, -0.05) is 29.8 Å². The number of pyridine rings is 1. The summed E-state index contributed by atoms with van der Waals surface area (Å²) in [6.07, 6.45) is 2.29. The molecule has 1 aliphatic rings. The van der Waals surface area contributed by atoms with E-state index >= 15 is 0 Å². The molecule has 1 saturated carbocycles. The van der Waals surface area contributed by atoms with E-state index in [9.17, 15) is 0 Å². The summed E-state index contributed by atoms with van der Waals surface area (Å²) in [5.74, 6) is 1.46. The summed E-state index contributed by atoms with van der Waals surface area (Å²) in [4.78, 5) is 4.28. The number of halogens is 1. The Morgan fingerprint density at radius 3 is 2.62 bits per heavy atom. The number of hydrogen-bond donors (Lipinski definition) is 0. The first-order valence-corrected chi connectivity index (χ1v) is 8.71. The smallest absolute Gasteiger partial charge is 0.202 e. The fourth-order valence-electron chi connectivity index (χ4n) is 2.43. The van der Waals surface area contributed by atoms with E-state index in [0.717, 1.165) is 29.5 Å². The monoisotopic (exact) mass is 353 g/mol. The maximum Gasteiger partial charge on any atom is 0.202 e. The highest BCUT2D eigenvalue weighted by Gasteiger charge is 2.31. The molecule has 0 N–H and O–H groups in total. The van der Waals surface area contributed by atoms with Crippen LogP contribution in [0, 0.1) is 11.3 Å². The Kier molecular flexibility index (Phi) is 3.97. The zero-order valence-electron chi connectivity index (χ0n) is 12.6. The molecular formula is C17H12ClN5S. The van der Waals surface area contributed by atoms with Crippen LogP contribution in [-0.2, 0) is 0 Å². The molecule has 5 nitrogen and oxygen atoms in total.